The average molecular weight is 304 g/mol. The van der Waals surface area contributed by atoms with Gasteiger partial charge in [0.1, 0.15) is 16.6 Å². The molecule has 2 N–H and O–H groups in total. The van der Waals surface area contributed by atoms with Crippen LogP contribution < -0.4 is 10.2 Å². The van der Waals surface area contributed by atoms with Crippen LogP contribution in [-0.2, 0) is 16.8 Å². The number of rotatable bonds is 1. The molecule has 21 heavy (non-hydrogen) atoms. The number of nitriles is 1. The molecule has 1 aromatic heterocycles. The number of anilines is 1. The zero-order valence-electron chi connectivity index (χ0n) is 13.1. The van der Waals surface area contributed by atoms with Crippen molar-refractivity contribution in [3.63, 3.8) is 0 Å². The van der Waals surface area contributed by atoms with Gasteiger partial charge in [-0.2, -0.15) is 5.26 Å². The number of thiophene rings is 1. The Hall–Kier alpha value is -1.38. The van der Waals surface area contributed by atoms with Gasteiger partial charge >= 0.3 is 0 Å². The Morgan fingerprint density at radius 3 is 2.62 bits per heavy atom. The first-order valence-corrected chi connectivity index (χ1v) is 8.30. The minimum Gasteiger partial charge on any atom is -0.333 e. The van der Waals surface area contributed by atoms with Crippen molar-refractivity contribution in [2.75, 3.05) is 11.4 Å². The molecule has 4 nitrogen and oxygen atoms in total. The van der Waals surface area contributed by atoms with Crippen LogP contribution in [0.3, 0.4) is 0 Å². The fourth-order valence-electron chi connectivity index (χ4n) is 3.86. The van der Waals surface area contributed by atoms with Crippen LogP contribution in [-0.4, -0.2) is 18.0 Å². The lowest BCUT2D eigenvalue weighted by atomic mass is 9.81. The van der Waals surface area contributed by atoms with Crippen molar-refractivity contribution in [2.45, 2.75) is 58.0 Å². The molecule has 3 heterocycles. The Morgan fingerprint density at radius 1 is 1.33 bits per heavy atom. The molecular formula is C16H22N3OS+. The maximum Gasteiger partial charge on any atom is 0.227 e. The third-order valence-corrected chi connectivity index (χ3v) is 5.98. The monoisotopic (exact) mass is 304 g/mol. The molecule has 3 rings (SSSR count). The van der Waals surface area contributed by atoms with E-state index in [2.05, 4.69) is 39.1 Å². The minimum atomic E-state index is -0.0473. The summed E-state index contributed by atoms with van der Waals surface area (Å²) in [6.07, 6.45) is 2.38. The summed E-state index contributed by atoms with van der Waals surface area (Å²) in [5, 5.41) is 12.9. The predicted octanol–water partition coefficient (Wildman–Crippen LogP) is 1.88. The second-order valence-corrected chi connectivity index (χ2v) is 8.38. The predicted molar refractivity (Wildman–Crippen MR) is 83.4 cm³/mol. The Bertz CT molecular complexity index is 651. The van der Waals surface area contributed by atoms with E-state index < -0.39 is 0 Å². The molecule has 1 fully saturated rings. The summed E-state index contributed by atoms with van der Waals surface area (Å²) in [7, 11) is 0. The minimum absolute atomic E-state index is 0.0473. The summed E-state index contributed by atoms with van der Waals surface area (Å²) < 4.78 is 0. The van der Waals surface area contributed by atoms with E-state index in [0.717, 1.165) is 35.5 Å². The number of nitrogens with zero attached hydrogens (tertiary/aromatic N) is 2. The Balaban J connectivity index is 2.17. The highest BCUT2D eigenvalue weighted by atomic mass is 32.1. The molecule has 0 aromatic carbocycles. The topological polar surface area (TPSA) is 60.7 Å². The molecule has 2 aliphatic heterocycles. The molecule has 0 bridgehead atoms. The maximum absolute atomic E-state index is 12.1. The van der Waals surface area contributed by atoms with E-state index in [0.29, 0.717) is 6.42 Å². The Kier molecular flexibility index (Phi) is 3.16. The summed E-state index contributed by atoms with van der Waals surface area (Å²) in [5.74, 6) is 0.158. The zero-order valence-corrected chi connectivity index (χ0v) is 13.9. The number of fused-ring (bicyclic) bond motifs is 1. The molecule has 112 valence electrons. The quantitative estimate of drug-likeness (QED) is 0.861. The molecule has 1 saturated heterocycles. The lowest BCUT2D eigenvalue weighted by molar-refractivity contribution is -0.789. The highest BCUT2D eigenvalue weighted by molar-refractivity contribution is 7.17. The van der Waals surface area contributed by atoms with Crippen molar-refractivity contribution in [1.29, 1.82) is 5.26 Å². The number of quaternary nitrogens is 1. The van der Waals surface area contributed by atoms with Crippen LogP contribution in [0.4, 0.5) is 5.00 Å². The smallest absolute Gasteiger partial charge is 0.227 e. The summed E-state index contributed by atoms with van der Waals surface area (Å²) >= 11 is 1.65. The van der Waals surface area contributed by atoms with Crippen molar-refractivity contribution in [3.05, 3.63) is 16.0 Å². The van der Waals surface area contributed by atoms with Gasteiger partial charge in [-0.25, -0.2) is 0 Å². The van der Waals surface area contributed by atoms with E-state index in [1.165, 1.54) is 4.88 Å². The van der Waals surface area contributed by atoms with Crippen molar-refractivity contribution in [1.82, 2.24) is 0 Å². The number of carbonyl (C=O) groups excluding carboxylic acids is 1. The molecule has 1 amide bonds. The van der Waals surface area contributed by atoms with Gasteiger partial charge in [-0.15, -0.1) is 11.3 Å². The number of hydrogen-bond donors (Lipinski definition) is 1. The van der Waals surface area contributed by atoms with E-state index in [1.54, 1.807) is 11.3 Å². The molecule has 0 radical (unpaired) electrons. The van der Waals surface area contributed by atoms with E-state index in [4.69, 9.17) is 0 Å². The lowest BCUT2D eigenvalue weighted by Crippen LogP contribution is -3.03. The van der Waals surface area contributed by atoms with E-state index >= 15 is 0 Å². The van der Waals surface area contributed by atoms with E-state index in [1.807, 2.05) is 4.90 Å². The highest BCUT2D eigenvalue weighted by Crippen LogP contribution is 2.44. The first kappa shape index (κ1) is 14.6. The van der Waals surface area contributed by atoms with Crippen molar-refractivity contribution < 1.29 is 10.1 Å². The van der Waals surface area contributed by atoms with Gasteiger partial charge in [0.05, 0.1) is 16.0 Å². The molecule has 1 aromatic rings. The van der Waals surface area contributed by atoms with Crippen molar-refractivity contribution >= 4 is 22.2 Å². The first-order chi connectivity index (χ1) is 9.75. The largest absolute Gasteiger partial charge is 0.333 e. The van der Waals surface area contributed by atoms with Gasteiger partial charge in [0, 0.05) is 19.4 Å². The number of amides is 1. The fraction of sp³-hybridized carbons (Fsp3) is 0.625. The van der Waals surface area contributed by atoms with Gasteiger partial charge in [-0.05, 0) is 39.7 Å². The van der Waals surface area contributed by atoms with E-state index in [9.17, 15) is 10.1 Å². The molecule has 0 saturated carbocycles. The van der Waals surface area contributed by atoms with Crippen LogP contribution in [0.25, 0.3) is 0 Å². The number of carbonyl (C=O) groups is 1. The molecule has 5 heteroatoms. The SMILES string of the molecule is CC1(C)Cc2c(sc(N3CCCC3=O)c2C#N)C(C)(C)[NH2+]1. The van der Waals surface area contributed by atoms with Crippen LogP contribution in [0.2, 0.25) is 0 Å². The zero-order chi connectivity index (χ0) is 15.4. The standard InChI is InChI=1S/C16H21N3OS/c1-15(2)8-10-11(9-17)14(19-7-5-6-12(19)20)21-13(10)16(3,4)18-15/h18H,5-8H2,1-4H3/p+1. The molecule has 0 atom stereocenters. The van der Waals surface area contributed by atoms with Crippen LogP contribution >= 0.6 is 11.3 Å². The second kappa shape index (κ2) is 4.56. The van der Waals surface area contributed by atoms with Crippen LogP contribution in [0.15, 0.2) is 0 Å². The van der Waals surface area contributed by atoms with Gasteiger partial charge < -0.3 is 10.2 Å². The third-order valence-electron chi connectivity index (χ3n) is 4.39. The van der Waals surface area contributed by atoms with Crippen LogP contribution in [0.1, 0.15) is 56.5 Å². The normalized spacial score (nSPS) is 23.0. The Labute approximate surface area is 129 Å². The lowest BCUT2D eigenvalue weighted by Gasteiger charge is -2.38. The summed E-state index contributed by atoms with van der Waals surface area (Å²) in [6.45, 7) is 9.61. The second-order valence-electron chi connectivity index (χ2n) is 7.38. The molecular weight excluding hydrogens is 282 g/mol. The molecule has 0 spiro atoms. The van der Waals surface area contributed by atoms with Gasteiger partial charge in [-0.1, -0.05) is 0 Å². The number of hydrogen-bond acceptors (Lipinski definition) is 3. The van der Waals surface area contributed by atoms with E-state index in [-0.39, 0.29) is 17.0 Å². The van der Waals surface area contributed by atoms with Crippen LogP contribution in [0, 0.1) is 11.3 Å². The third kappa shape index (κ3) is 2.27. The first-order valence-electron chi connectivity index (χ1n) is 7.49. The van der Waals surface area contributed by atoms with Gasteiger partial charge in [0.15, 0.2) is 0 Å². The summed E-state index contributed by atoms with van der Waals surface area (Å²) in [4.78, 5) is 15.1. The molecule has 0 aliphatic carbocycles. The van der Waals surface area contributed by atoms with Gasteiger partial charge in [0.2, 0.25) is 5.91 Å². The highest BCUT2D eigenvalue weighted by Gasteiger charge is 2.45. The maximum atomic E-state index is 12.1. The van der Waals surface area contributed by atoms with Crippen molar-refractivity contribution in [3.8, 4) is 6.07 Å². The summed E-state index contributed by atoms with van der Waals surface area (Å²) in [5.41, 5.74) is 1.93. The summed E-state index contributed by atoms with van der Waals surface area (Å²) in [6, 6.07) is 2.38. The average Bonchev–Trinajstić information content (AvgIpc) is 2.90. The van der Waals surface area contributed by atoms with Crippen LogP contribution in [0.5, 0.6) is 0 Å². The Morgan fingerprint density at radius 2 is 2.05 bits per heavy atom. The van der Waals surface area contributed by atoms with Crippen molar-refractivity contribution in [2.24, 2.45) is 0 Å². The number of nitrogens with two attached hydrogens (primary N) is 1. The molecule has 0 unspecified atom stereocenters. The fourth-order valence-corrected chi connectivity index (χ4v) is 5.25. The molecule has 2 aliphatic rings. The van der Waals surface area contributed by atoms with Gasteiger partial charge in [-0.3, -0.25) is 4.79 Å². The van der Waals surface area contributed by atoms with Gasteiger partial charge in [0.25, 0.3) is 0 Å².